The van der Waals surface area contributed by atoms with Crippen LogP contribution in [0.2, 0.25) is 0 Å². The number of benzene rings is 1. The fourth-order valence-electron chi connectivity index (χ4n) is 2.25. The highest BCUT2D eigenvalue weighted by Crippen LogP contribution is 2.25. The summed E-state index contributed by atoms with van der Waals surface area (Å²) in [6, 6.07) is 6.60. The van der Waals surface area contributed by atoms with E-state index in [1.54, 1.807) is 12.1 Å². The first-order chi connectivity index (χ1) is 9.47. The molecule has 106 valence electrons. The van der Waals surface area contributed by atoms with E-state index in [1.807, 2.05) is 12.1 Å². The topological polar surface area (TPSA) is 66.9 Å². The molecule has 2 rings (SSSR count). The Hall–Kier alpha value is -2.37. The van der Waals surface area contributed by atoms with Gasteiger partial charge in [0.05, 0.1) is 7.11 Å². The number of amides is 4. The lowest BCUT2D eigenvalue weighted by molar-refractivity contribution is -0.147. The lowest BCUT2D eigenvalue weighted by Gasteiger charge is -2.33. The van der Waals surface area contributed by atoms with Crippen molar-refractivity contribution in [1.29, 1.82) is 0 Å². The molecule has 1 heterocycles. The normalized spacial score (nSPS) is 16.9. The second-order valence-corrected chi connectivity index (χ2v) is 4.65. The Balaban J connectivity index is 2.30. The van der Waals surface area contributed by atoms with Gasteiger partial charge in [-0.1, -0.05) is 18.2 Å². The van der Waals surface area contributed by atoms with Crippen molar-refractivity contribution in [1.82, 2.24) is 9.80 Å². The number of barbiturate groups is 1. The molecule has 0 atom stereocenters. The van der Waals surface area contributed by atoms with Gasteiger partial charge in [0.25, 0.3) is 0 Å². The summed E-state index contributed by atoms with van der Waals surface area (Å²) in [7, 11) is 4.29. The monoisotopic (exact) mass is 276 g/mol. The van der Waals surface area contributed by atoms with Gasteiger partial charge in [0.1, 0.15) is 11.7 Å². The summed E-state index contributed by atoms with van der Waals surface area (Å²) >= 11 is 0. The Morgan fingerprint density at radius 3 is 2.15 bits per heavy atom. The summed E-state index contributed by atoms with van der Waals surface area (Å²) in [4.78, 5) is 37.8. The molecule has 1 aliphatic rings. The van der Waals surface area contributed by atoms with Crippen molar-refractivity contribution in [3.8, 4) is 5.75 Å². The molecule has 0 radical (unpaired) electrons. The molecule has 1 aromatic carbocycles. The Labute approximate surface area is 116 Å². The first-order valence-corrected chi connectivity index (χ1v) is 6.18. The van der Waals surface area contributed by atoms with Crippen LogP contribution in [0.1, 0.15) is 5.56 Å². The van der Waals surface area contributed by atoms with Gasteiger partial charge in [-0.05, 0) is 18.1 Å². The maximum absolute atomic E-state index is 12.1. The number of hydrogen-bond donors (Lipinski definition) is 0. The number of carbonyl (C=O) groups excluding carboxylic acids is 3. The summed E-state index contributed by atoms with van der Waals surface area (Å²) in [5, 5.41) is 0. The Kier molecular flexibility index (Phi) is 3.74. The van der Waals surface area contributed by atoms with Crippen molar-refractivity contribution in [2.75, 3.05) is 21.2 Å². The number of methoxy groups -OCH3 is 1. The number of carbonyl (C=O) groups is 3. The van der Waals surface area contributed by atoms with Gasteiger partial charge in [0.2, 0.25) is 11.8 Å². The van der Waals surface area contributed by atoms with E-state index in [2.05, 4.69) is 0 Å². The number of urea groups is 1. The highest BCUT2D eigenvalue weighted by atomic mass is 16.5. The predicted molar refractivity (Wildman–Crippen MR) is 71.1 cm³/mol. The van der Waals surface area contributed by atoms with Gasteiger partial charge in [-0.3, -0.25) is 19.4 Å². The molecule has 6 heteroatoms. The van der Waals surface area contributed by atoms with Gasteiger partial charge in [0.15, 0.2) is 0 Å². The average molecular weight is 276 g/mol. The summed E-state index contributed by atoms with van der Waals surface area (Å²) in [6.45, 7) is 0. The maximum atomic E-state index is 12.1. The molecule has 6 nitrogen and oxygen atoms in total. The third kappa shape index (κ3) is 2.24. The minimum atomic E-state index is -0.890. The van der Waals surface area contributed by atoms with Crippen molar-refractivity contribution in [3.05, 3.63) is 29.8 Å². The van der Waals surface area contributed by atoms with Crippen LogP contribution in [-0.4, -0.2) is 48.9 Å². The second-order valence-electron chi connectivity index (χ2n) is 4.65. The van der Waals surface area contributed by atoms with Gasteiger partial charge >= 0.3 is 6.03 Å². The van der Waals surface area contributed by atoms with Crippen LogP contribution < -0.4 is 4.74 Å². The van der Waals surface area contributed by atoms with Gasteiger partial charge in [-0.15, -0.1) is 0 Å². The summed E-state index contributed by atoms with van der Waals surface area (Å²) in [6.07, 6.45) is 0.212. The number of rotatable bonds is 3. The molecule has 0 N–H and O–H groups in total. The van der Waals surface area contributed by atoms with Crippen molar-refractivity contribution in [3.63, 3.8) is 0 Å². The van der Waals surface area contributed by atoms with E-state index in [1.165, 1.54) is 21.2 Å². The molecule has 0 unspecified atom stereocenters. The molecule has 0 bridgehead atoms. The fourth-order valence-corrected chi connectivity index (χ4v) is 2.25. The smallest absolute Gasteiger partial charge is 0.332 e. The number of ether oxygens (including phenoxy) is 1. The largest absolute Gasteiger partial charge is 0.496 e. The van der Waals surface area contributed by atoms with E-state index in [-0.39, 0.29) is 6.42 Å². The van der Waals surface area contributed by atoms with Crippen LogP contribution in [0.5, 0.6) is 5.75 Å². The van der Waals surface area contributed by atoms with Crippen LogP contribution in [0, 0.1) is 5.92 Å². The molecular weight excluding hydrogens is 260 g/mol. The maximum Gasteiger partial charge on any atom is 0.332 e. The zero-order valence-electron chi connectivity index (χ0n) is 11.6. The first kappa shape index (κ1) is 14.0. The average Bonchev–Trinajstić information content (AvgIpc) is 2.48. The zero-order valence-corrected chi connectivity index (χ0v) is 11.6. The summed E-state index contributed by atoms with van der Waals surface area (Å²) in [5.74, 6) is -1.23. The number of imide groups is 2. The van der Waals surface area contributed by atoms with Crippen LogP contribution in [0.4, 0.5) is 4.79 Å². The standard InChI is InChI=1S/C14H16N2O4/c1-15-12(17)10(13(18)16(2)14(15)19)8-9-6-4-5-7-11(9)20-3/h4-7,10H,8H2,1-3H3. The molecule has 0 aliphatic carbocycles. The van der Waals surface area contributed by atoms with Crippen LogP contribution in [0.3, 0.4) is 0 Å². The molecule has 1 fully saturated rings. The van der Waals surface area contributed by atoms with Crippen LogP contribution in [0.15, 0.2) is 24.3 Å². The number of para-hydroxylation sites is 1. The van der Waals surface area contributed by atoms with E-state index >= 15 is 0 Å². The molecule has 0 aromatic heterocycles. The minimum Gasteiger partial charge on any atom is -0.496 e. The molecule has 1 aromatic rings. The van der Waals surface area contributed by atoms with E-state index < -0.39 is 23.8 Å². The van der Waals surface area contributed by atoms with Crippen molar-refractivity contribution >= 4 is 17.8 Å². The Morgan fingerprint density at radius 2 is 1.60 bits per heavy atom. The van der Waals surface area contributed by atoms with Gasteiger partial charge in [0, 0.05) is 14.1 Å². The van der Waals surface area contributed by atoms with E-state index in [4.69, 9.17) is 4.74 Å². The molecule has 4 amide bonds. The summed E-state index contributed by atoms with van der Waals surface area (Å²) in [5.41, 5.74) is 0.762. The Bertz CT molecular complexity index is 546. The zero-order chi connectivity index (χ0) is 14.9. The quantitative estimate of drug-likeness (QED) is 0.769. The molecule has 20 heavy (non-hydrogen) atoms. The van der Waals surface area contributed by atoms with Crippen LogP contribution in [0.25, 0.3) is 0 Å². The SMILES string of the molecule is COc1ccccc1CC1C(=O)N(C)C(=O)N(C)C1=O. The Morgan fingerprint density at radius 1 is 1.05 bits per heavy atom. The van der Waals surface area contributed by atoms with Gasteiger partial charge in [-0.25, -0.2) is 4.79 Å². The number of hydrogen-bond acceptors (Lipinski definition) is 4. The third-order valence-corrected chi connectivity index (χ3v) is 3.45. The van der Waals surface area contributed by atoms with Crippen LogP contribution in [-0.2, 0) is 16.0 Å². The minimum absolute atomic E-state index is 0.212. The fraction of sp³-hybridized carbons (Fsp3) is 0.357. The molecular formula is C14H16N2O4. The lowest BCUT2D eigenvalue weighted by Crippen LogP contribution is -2.57. The predicted octanol–water partition coefficient (Wildman–Crippen LogP) is 0.904. The highest BCUT2D eigenvalue weighted by Gasteiger charge is 2.42. The van der Waals surface area contributed by atoms with Crippen LogP contribution >= 0.6 is 0 Å². The van der Waals surface area contributed by atoms with Gasteiger partial charge in [-0.2, -0.15) is 0 Å². The van der Waals surface area contributed by atoms with Crippen molar-refractivity contribution in [2.24, 2.45) is 5.92 Å². The lowest BCUT2D eigenvalue weighted by atomic mass is 9.94. The van der Waals surface area contributed by atoms with E-state index in [0.29, 0.717) is 5.75 Å². The van der Waals surface area contributed by atoms with Gasteiger partial charge < -0.3 is 4.74 Å². The molecule has 1 saturated heterocycles. The molecule has 0 spiro atoms. The first-order valence-electron chi connectivity index (χ1n) is 6.18. The van der Waals surface area contributed by atoms with E-state index in [0.717, 1.165) is 15.4 Å². The highest BCUT2D eigenvalue weighted by molar-refractivity contribution is 6.15. The van der Waals surface area contributed by atoms with E-state index in [9.17, 15) is 14.4 Å². The third-order valence-electron chi connectivity index (χ3n) is 3.45. The summed E-state index contributed by atoms with van der Waals surface area (Å²) < 4.78 is 5.22. The molecule has 1 aliphatic heterocycles. The van der Waals surface area contributed by atoms with Crippen molar-refractivity contribution < 1.29 is 19.1 Å². The second kappa shape index (κ2) is 5.32. The molecule has 0 saturated carbocycles. The number of nitrogens with zero attached hydrogens (tertiary/aromatic N) is 2. The van der Waals surface area contributed by atoms with Crippen molar-refractivity contribution in [2.45, 2.75) is 6.42 Å².